The number of aryl methyl sites for hydroxylation is 2. The number of ether oxygens (including phenoxy) is 1. The average Bonchev–Trinajstić information content (AvgIpc) is 3.04. The molecule has 3 rings (SSSR count). The van der Waals surface area contributed by atoms with Gasteiger partial charge in [0.05, 0.1) is 5.83 Å². The number of hydrogen-bond acceptors (Lipinski definition) is 3. The number of carboxylic acids is 1. The fourth-order valence-electron chi connectivity index (χ4n) is 4.26. The van der Waals surface area contributed by atoms with E-state index in [0.29, 0.717) is 40.2 Å². The Morgan fingerprint density at radius 2 is 1.89 bits per heavy atom. The first-order valence-corrected chi connectivity index (χ1v) is 11.7. The Bertz CT molecular complexity index is 1390. The number of rotatable bonds is 10. The molecule has 0 unspecified atom stereocenters. The molecule has 0 spiro atoms. The Morgan fingerprint density at radius 3 is 2.51 bits per heavy atom. The van der Waals surface area contributed by atoms with Crippen molar-refractivity contribution in [2.45, 2.75) is 40.2 Å². The largest absolute Gasteiger partial charge is 0.481 e. The topological polar surface area (TPSA) is 80.6 Å². The van der Waals surface area contributed by atoms with Crippen LogP contribution in [-0.4, -0.2) is 21.6 Å². The molecule has 6 nitrogen and oxygen atoms in total. The van der Waals surface area contributed by atoms with Crippen molar-refractivity contribution in [3.63, 3.8) is 0 Å². The van der Waals surface area contributed by atoms with Crippen LogP contribution < -0.4 is 10.1 Å². The summed E-state index contributed by atoms with van der Waals surface area (Å²) < 4.78 is 35.4. The lowest BCUT2D eigenvalue weighted by atomic mass is 10.0. The summed E-state index contributed by atoms with van der Waals surface area (Å²) in [6.45, 7) is 8.73. The van der Waals surface area contributed by atoms with Gasteiger partial charge in [-0.05, 0) is 85.9 Å². The van der Waals surface area contributed by atoms with E-state index in [9.17, 15) is 18.4 Å². The molecule has 0 atom stereocenters. The first-order chi connectivity index (χ1) is 17.5. The number of halogens is 2. The van der Waals surface area contributed by atoms with Crippen LogP contribution in [0.15, 0.2) is 48.8 Å². The SMILES string of the molecule is C=Cc1c(/C=C(\C)F)c(C)c(C(=O)NCc2cc(F)cc(Oc3ccc(CCC(=O)O)c(C)c3)c2)n1C. The van der Waals surface area contributed by atoms with Crippen LogP contribution in [0.2, 0.25) is 0 Å². The molecule has 0 aliphatic heterocycles. The molecule has 1 aromatic heterocycles. The van der Waals surface area contributed by atoms with Crippen LogP contribution >= 0.6 is 0 Å². The van der Waals surface area contributed by atoms with Gasteiger partial charge in [0.15, 0.2) is 0 Å². The molecule has 8 heteroatoms. The maximum atomic E-state index is 14.3. The van der Waals surface area contributed by atoms with Gasteiger partial charge in [-0.15, -0.1) is 0 Å². The third kappa shape index (κ3) is 6.73. The second-order valence-electron chi connectivity index (χ2n) is 8.83. The van der Waals surface area contributed by atoms with Gasteiger partial charge in [0.2, 0.25) is 0 Å². The third-order valence-corrected chi connectivity index (χ3v) is 6.03. The second-order valence-corrected chi connectivity index (χ2v) is 8.83. The summed E-state index contributed by atoms with van der Waals surface area (Å²) in [5.74, 6) is -1.42. The molecule has 2 aromatic carbocycles. The van der Waals surface area contributed by atoms with Gasteiger partial charge < -0.3 is 19.7 Å². The number of nitrogens with one attached hydrogen (secondary N) is 1. The predicted octanol–water partition coefficient (Wildman–Crippen LogP) is 6.49. The lowest BCUT2D eigenvalue weighted by Gasteiger charge is -2.12. The van der Waals surface area contributed by atoms with Crippen LogP contribution in [-0.2, 0) is 24.8 Å². The number of carbonyl (C=O) groups is 2. The highest BCUT2D eigenvalue weighted by Gasteiger charge is 2.21. The van der Waals surface area contributed by atoms with Crippen LogP contribution in [0.5, 0.6) is 11.5 Å². The Labute approximate surface area is 214 Å². The maximum absolute atomic E-state index is 14.3. The minimum Gasteiger partial charge on any atom is -0.481 e. The van der Waals surface area contributed by atoms with Crippen LogP contribution in [0.25, 0.3) is 12.2 Å². The van der Waals surface area contributed by atoms with Crippen molar-refractivity contribution in [3.05, 3.63) is 93.8 Å². The molecular formula is C29H30F2N2O4. The molecule has 0 radical (unpaired) electrons. The average molecular weight is 509 g/mol. The highest BCUT2D eigenvalue weighted by atomic mass is 19.1. The summed E-state index contributed by atoms with van der Waals surface area (Å²) in [5.41, 5.74) is 4.42. The molecule has 0 fully saturated rings. The van der Waals surface area contributed by atoms with Crippen molar-refractivity contribution in [1.29, 1.82) is 0 Å². The fourth-order valence-corrected chi connectivity index (χ4v) is 4.26. The van der Waals surface area contributed by atoms with E-state index < -0.39 is 17.7 Å². The van der Waals surface area contributed by atoms with Crippen molar-refractivity contribution in [2.24, 2.45) is 7.05 Å². The Kier molecular flexibility index (Phi) is 8.65. The molecule has 0 bridgehead atoms. The zero-order valence-corrected chi connectivity index (χ0v) is 21.3. The molecule has 3 aromatic rings. The molecule has 194 valence electrons. The van der Waals surface area contributed by atoms with Crippen LogP contribution in [0, 0.1) is 19.7 Å². The van der Waals surface area contributed by atoms with E-state index in [0.717, 1.165) is 11.1 Å². The lowest BCUT2D eigenvalue weighted by Crippen LogP contribution is -2.25. The molecule has 0 saturated carbocycles. The Hall–Kier alpha value is -4.20. The number of carboxylic acid groups (broad SMARTS) is 1. The highest BCUT2D eigenvalue weighted by molar-refractivity contribution is 5.96. The van der Waals surface area contributed by atoms with Gasteiger partial charge in [0.1, 0.15) is 23.0 Å². The molecule has 1 heterocycles. The molecule has 0 aliphatic carbocycles. The Balaban J connectivity index is 1.76. The van der Waals surface area contributed by atoms with Gasteiger partial charge in [-0.2, -0.15) is 0 Å². The summed E-state index contributed by atoms with van der Waals surface area (Å²) in [4.78, 5) is 23.8. The minimum absolute atomic E-state index is 0.0324. The summed E-state index contributed by atoms with van der Waals surface area (Å²) >= 11 is 0. The van der Waals surface area contributed by atoms with Gasteiger partial charge >= 0.3 is 5.97 Å². The number of nitrogens with zero attached hydrogens (tertiary/aromatic N) is 1. The summed E-state index contributed by atoms with van der Waals surface area (Å²) in [6, 6.07) is 9.45. The van der Waals surface area contributed by atoms with Crippen molar-refractivity contribution < 1.29 is 28.2 Å². The summed E-state index contributed by atoms with van der Waals surface area (Å²) in [5, 5.41) is 11.7. The van der Waals surface area contributed by atoms with Gasteiger partial charge in [-0.25, -0.2) is 8.78 Å². The quantitative estimate of drug-likeness (QED) is 0.328. The summed E-state index contributed by atoms with van der Waals surface area (Å²) in [7, 11) is 1.70. The van der Waals surface area contributed by atoms with Crippen molar-refractivity contribution in [2.75, 3.05) is 0 Å². The normalized spacial score (nSPS) is 11.4. The molecule has 2 N–H and O–H groups in total. The first-order valence-electron chi connectivity index (χ1n) is 11.7. The van der Waals surface area contributed by atoms with Gasteiger partial charge in [-0.1, -0.05) is 12.6 Å². The number of aromatic nitrogens is 1. The van der Waals surface area contributed by atoms with Gasteiger partial charge in [0.25, 0.3) is 5.91 Å². The van der Waals surface area contributed by atoms with Crippen LogP contribution in [0.1, 0.15) is 57.3 Å². The van der Waals surface area contributed by atoms with E-state index >= 15 is 0 Å². The number of carbonyl (C=O) groups excluding carboxylic acids is 1. The molecular weight excluding hydrogens is 478 g/mol. The molecule has 0 aliphatic rings. The number of allylic oxidation sites excluding steroid dienone is 1. The second kappa shape index (κ2) is 11.7. The number of benzene rings is 2. The van der Waals surface area contributed by atoms with E-state index in [1.165, 1.54) is 25.1 Å². The van der Waals surface area contributed by atoms with E-state index in [1.54, 1.807) is 48.9 Å². The Morgan fingerprint density at radius 1 is 1.16 bits per heavy atom. The fraction of sp³-hybridized carbons (Fsp3) is 0.241. The van der Waals surface area contributed by atoms with E-state index in [2.05, 4.69) is 11.9 Å². The lowest BCUT2D eigenvalue weighted by molar-refractivity contribution is -0.136. The zero-order chi connectivity index (χ0) is 27.3. The molecule has 1 amide bonds. The van der Waals surface area contributed by atoms with Crippen LogP contribution in [0.3, 0.4) is 0 Å². The van der Waals surface area contributed by atoms with Crippen molar-refractivity contribution in [3.8, 4) is 11.5 Å². The van der Waals surface area contributed by atoms with Crippen LogP contribution in [0.4, 0.5) is 8.78 Å². The van der Waals surface area contributed by atoms with E-state index in [1.807, 2.05) is 6.92 Å². The maximum Gasteiger partial charge on any atom is 0.303 e. The predicted molar refractivity (Wildman–Crippen MR) is 140 cm³/mol. The van der Waals surface area contributed by atoms with Crippen molar-refractivity contribution in [1.82, 2.24) is 9.88 Å². The monoisotopic (exact) mass is 508 g/mol. The van der Waals surface area contributed by atoms with Crippen molar-refractivity contribution >= 4 is 24.0 Å². The smallest absolute Gasteiger partial charge is 0.303 e. The van der Waals surface area contributed by atoms with E-state index in [-0.39, 0.29) is 24.5 Å². The number of aliphatic carboxylic acids is 1. The minimum atomic E-state index is -0.866. The number of hydrogen-bond donors (Lipinski definition) is 2. The van der Waals surface area contributed by atoms with Gasteiger partial charge in [-0.3, -0.25) is 9.59 Å². The summed E-state index contributed by atoms with van der Waals surface area (Å²) in [6.07, 6.45) is 3.37. The molecule has 37 heavy (non-hydrogen) atoms. The van der Waals surface area contributed by atoms with E-state index in [4.69, 9.17) is 9.84 Å². The first kappa shape index (κ1) is 27.4. The zero-order valence-electron chi connectivity index (χ0n) is 21.3. The standard InChI is InChI=1S/C29H30F2N2O4/c1-6-26-25(12-18(3)30)19(4)28(33(26)5)29(36)32-16-20-13-22(31)15-24(14-20)37-23-9-7-21(17(2)11-23)8-10-27(34)35/h6-7,9,11-15H,1,8,10,16H2,2-5H3,(H,32,36)(H,34,35)/b18-12+. The third-order valence-electron chi connectivity index (χ3n) is 6.03. The highest BCUT2D eigenvalue weighted by Crippen LogP contribution is 2.28. The molecule has 0 saturated heterocycles. The number of amides is 1. The van der Waals surface area contributed by atoms with Gasteiger partial charge in [0, 0.05) is 37.3 Å².